The van der Waals surface area contributed by atoms with E-state index in [2.05, 4.69) is 27.4 Å². The third kappa shape index (κ3) is 1.68. The normalized spacial score (nSPS) is 13.3. The maximum Gasteiger partial charge on any atom is 0.239 e. The SMILES string of the molecule is CCC(NC)c1nc(N)n[nH]1. The van der Waals surface area contributed by atoms with Crippen LogP contribution in [0.5, 0.6) is 0 Å². The molecule has 0 saturated heterocycles. The summed E-state index contributed by atoms with van der Waals surface area (Å²) in [6.07, 6.45) is 0.963. The van der Waals surface area contributed by atoms with Gasteiger partial charge in [0.2, 0.25) is 5.95 Å². The number of H-pyrrole nitrogens is 1. The van der Waals surface area contributed by atoms with Crippen LogP contribution in [-0.2, 0) is 0 Å². The van der Waals surface area contributed by atoms with Gasteiger partial charge in [0.1, 0.15) is 5.82 Å². The van der Waals surface area contributed by atoms with Crippen molar-refractivity contribution in [1.29, 1.82) is 0 Å². The number of nitrogen functional groups attached to an aromatic ring is 1. The minimum Gasteiger partial charge on any atom is -0.367 e. The smallest absolute Gasteiger partial charge is 0.239 e. The van der Waals surface area contributed by atoms with E-state index in [9.17, 15) is 0 Å². The molecule has 4 N–H and O–H groups in total. The van der Waals surface area contributed by atoms with Crippen LogP contribution in [0.15, 0.2) is 0 Å². The van der Waals surface area contributed by atoms with Gasteiger partial charge in [0.05, 0.1) is 6.04 Å². The van der Waals surface area contributed by atoms with E-state index in [0.29, 0.717) is 5.95 Å². The van der Waals surface area contributed by atoms with Gasteiger partial charge in [0.25, 0.3) is 0 Å². The van der Waals surface area contributed by atoms with Gasteiger partial charge in [-0.2, -0.15) is 4.98 Å². The highest BCUT2D eigenvalue weighted by Crippen LogP contribution is 2.10. The summed E-state index contributed by atoms with van der Waals surface area (Å²) in [7, 11) is 1.88. The van der Waals surface area contributed by atoms with E-state index >= 15 is 0 Å². The molecule has 0 saturated carbocycles. The Morgan fingerprint density at radius 1 is 1.73 bits per heavy atom. The van der Waals surface area contributed by atoms with Crippen LogP contribution in [0, 0.1) is 0 Å². The molecule has 1 rings (SSSR count). The fourth-order valence-corrected chi connectivity index (χ4v) is 0.978. The summed E-state index contributed by atoms with van der Waals surface area (Å²) in [6, 6.07) is 0.222. The Labute approximate surface area is 65.4 Å². The third-order valence-corrected chi connectivity index (χ3v) is 1.61. The average molecular weight is 155 g/mol. The average Bonchev–Trinajstić information content (AvgIpc) is 2.39. The highest BCUT2D eigenvalue weighted by molar-refractivity contribution is 5.14. The van der Waals surface area contributed by atoms with E-state index < -0.39 is 0 Å². The Hall–Kier alpha value is -1.10. The second kappa shape index (κ2) is 3.34. The van der Waals surface area contributed by atoms with Crippen LogP contribution in [0.25, 0.3) is 0 Å². The fraction of sp³-hybridized carbons (Fsp3) is 0.667. The van der Waals surface area contributed by atoms with Crippen molar-refractivity contribution in [2.45, 2.75) is 19.4 Å². The molecule has 0 amide bonds. The molecule has 1 atom stereocenters. The second-order valence-corrected chi connectivity index (χ2v) is 2.33. The number of anilines is 1. The van der Waals surface area contributed by atoms with Gasteiger partial charge in [-0.3, -0.25) is 5.10 Å². The van der Waals surface area contributed by atoms with Crippen molar-refractivity contribution in [2.24, 2.45) is 0 Å². The number of nitrogens with zero attached hydrogens (tertiary/aromatic N) is 2. The summed E-state index contributed by atoms with van der Waals surface area (Å²) in [5, 5.41) is 9.59. The number of aromatic amines is 1. The molecule has 0 radical (unpaired) electrons. The van der Waals surface area contributed by atoms with Crippen LogP contribution in [0.2, 0.25) is 0 Å². The van der Waals surface area contributed by atoms with Crippen molar-refractivity contribution in [3.63, 3.8) is 0 Å². The minimum atomic E-state index is 0.222. The van der Waals surface area contributed by atoms with Crippen molar-refractivity contribution >= 4 is 5.95 Å². The van der Waals surface area contributed by atoms with Crippen molar-refractivity contribution in [3.05, 3.63) is 5.82 Å². The Kier molecular flexibility index (Phi) is 2.43. The number of nitrogens with two attached hydrogens (primary N) is 1. The van der Waals surface area contributed by atoms with Crippen LogP contribution in [0.3, 0.4) is 0 Å². The van der Waals surface area contributed by atoms with Crippen LogP contribution in [-0.4, -0.2) is 22.2 Å². The molecule has 0 fully saturated rings. The molecular formula is C6H13N5. The molecule has 1 unspecified atom stereocenters. The fourth-order valence-electron chi connectivity index (χ4n) is 0.978. The first-order chi connectivity index (χ1) is 5.27. The number of hydrogen-bond donors (Lipinski definition) is 3. The Morgan fingerprint density at radius 3 is 2.82 bits per heavy atom. The van der Waals surface area contributed by atoms with Crippen LogP contribution < -0.4 is 11.1 Å². The zero-order valence-corrected chi connectivity index (χ0v) is 6.76. The van der Waals surface area contributed by atoms with Crippen LogP contribution >= 0.6 is 0 Å². The van der Waals surface area contributed by atoms with E-state index in [1.165, 1.54) is 0 Å². The maximum absolute atomic E-state index is 5.34. The molecule has 0 aliphatic heterocycles. The molecule has 1 aromatic heterocycles. The van der Waals surface area contributed by atoms with E-state index in [0.717, 1.165) is 12.2 Å². The molecule has 1 heterocycles. The van der Waals surface area contributed by atoms with Gasteiger partial charge in [-0.1, -0.05) is 6.92 Å². The highest BCUT2D eigenvalue weighted by atomic mass is 15.3. The predicted octanol–water partition coefficient (Wildman–Crippen LogP) is 0.0574. The maximum atomic E-state index is 5.34. The summed E-state index contributed by atoms with van der Waals surface area (Å²) < 4.78 is 0. The van der Waals surface area contributed by atoms with Crippen LogP contribution in [0.4, 0.5) is 5.95 Å². The summed E-state index contributed by atoms with van der Waals surface area (Å²) in [5.74, 6) is 1.10. The van der Waals surface area contributed by atoms with E-state index in [4.69, 9.17) is 5.73 Å². The molecule has 5 heteroatoms. The van der Waals surface area contributed by atoms with Gasteiger partial charge >= 0.3 is 0 Å². The number of nitrogens with one attached hydrogen (secondary N) is 2. The zero-order chi connectivity index (χ0) is 8.27. The third-order valence-electron chi connectivity index (χ3n) is 1.61. The first-order valence-electron chi connectivity index (χ1n) is 3.63. The standard InChI is InChI=1S/C6H13N5/c1-3-4(8-2)5-9-6(7)11-10-5/h4,8H,3H2,1-2H3,(H3,7,9,10,11). The van der Waals surface area contributed by atoms with Gasteiger partial charge in [-0.15, -0.1) is 5.10 Å². The Balaban J connectivity index is 2.73. The van der Waals surface area contributed by atoms with Gasteiger partial charge in [0.15, 0.2) is 0 Å². The Morgan fingerprint density at radius 2 is 2.45 bits per heavy atom. The lowest BCUT2D eigenvalue weighted by atomic mass is 10.2. The molecule has 0 spiro atoms. The molecule has 0 aliphatic carbocycles. The second-order valence-electron chi connectivity index (χ2n) is 2.33. The predicted molar refractivity (Wildman–Crippen MR) is 42.9 cm³/mol. The quantitative estimate of drug-likeness (QED) is 0.576. The van der Waals surface area contributed by atoms with Crippen molar-refractivity contribution in [2.75, 3.05) is 12.8 Å². The molecule has 11 heavy (non-hydrogen) atoms. The van der Waals surface area contributed by atoms with Crippen molar-refractivity contribution < 1.29 is 0 Å². The van der Waals surface area contributed by atoms with Crippen molar-refractivity contribution in [1.82, 2.24) is 20.5 Å². The summed E-state index contributed by atoms with van der Waals surface area (Å²) in [6.45, 7) is 2.07. The highest BCUT2D eigenvalue weighted by Gasteiger charge is 2.09. The molecule has 5 nitrogen and oxygen atoms in total. The number of aromatic nitrogens is 3. The van der Waals surface area contributed by atoms with Crippen molar-refractivity contribution in [3.8, 4) is 0 Å². The van der Waals surface area contributed by atoms with Gasteiger partial charge in [-0.25, -0.2) is 0 Å². The zero-order valence-electron chi connectivity index (χ0n) is 6.76. The van der Waals surface area contributed by atoms with E-state index in [1.807, 2.05) is 7.05 Å². The summed E-state index contributed by atoms with van der Waals surface area (Å²) >= 11 is 0. The molecular weight excluding hydrogens is 142 g/mol. The summed E-state index contributed by atoms with van der Waals surface area (Å²) in [4.78, 5) is 4.00. The first kappa shape index (κ1) is 8.00. The number of rotatable bonds is 3. The lowest BCUT2D eigenvalue weighted by molar-refractivity contribution is 0.546. The first-order valence-corrected chi connectivity index (χ1v) is 3.63. The monoisotopic (exact) mass is 155 g/mol. The van der Waals surface area contributed by atoms with Gasteiger partial charge < -0.3 is 11.1 Å². The molecule has 0 aliphatic rings. The summed E-state index contributed by atoms with van der Waals surface area (Å²) in [5.41, 5.74) is 5.34. The Bertz CT molecular complexity index is 215. The van der Waals surface area contributed by atoms with Gasteiger partial charge in [0, 0.05) is 0 Å². The molecule has 0 bridgehead atoms. The lowest BCUT2D eigenvalue weighted by Gasteiger charge is -2.08. The van der Waals surface area contributed by atoms with E-state index in [1.54, 1.807) is 0 Å². The number of hydrogen-bond acceptors (Lipinski definition) is 4. The van der Waals surface area contributed by atoms with Gasteiger partial charge in [-0.05, 0) is 13.5 Å². The lowest BCUT2D eigenvalue weighted by Crippen LogP contribution is -2.16. The van der Waals surface area contributed by atoms with E-state index in [-0.39, 0.29) is 6.04 Å². The largest absolute Gasteiger partial charge is 0.367 e. The minimum absolute atomic E-state index is 0.222. The topological polar surface area (TPSA) is 79.6 Å². The molecule has 62 valence electrons. The molecule has 1 aromatic rings. The molecule has 0 aromatic carbocycles. The van der Waals surface area contributed by atoms with Crippen LogP contribution in [0.1, 0.15) is 25.2 Å².